The van der Waals surface area contributed by atoms with Crippen LogP contribution in [-0.2, 0) is 0 Å². The fourth-order valence-electron chi connectivity index (χ4n) is 1.92. The second-order valence-electron chi connectivity index (χ2n) is 4.74. The van der Waals surface area contributed by atoms with Crippen LogP contribution in [0.1, 0.15) is 24.1 Å². The van der Waals surface area contributed by atoms with Gasteiger partial charge in [-0.15, -0.1) is 0 Å². The summed E-state index contributed by atoms with van der Waals surface area (Å²) in [5.74, 6) is 1.59. The standard InChI is InChI=1S/C17H21NO2/c1-3-19-15-5-4-6-16(11-15)20-12-17(18)14-9-7-13(2)8-10-14/h4-11,17H,3,12,18H2,1-2H3. The molecule has 2 N–H and O–H groups in total. The molecule has 1 atom stereocenters. The van der Waals surface area contributed by atoms with Crippen LogP contribution < -0.4 is 15.2 Å². The van der Waals surface area contributed by atoms with E-state index in [1.54, 1.807) is 0 Å². The van der Waals surface area contributed by atoms with Crippen molar-refractivity contribution in [3.63, 3.8) is 0 Å². The highest BCUT2D eigenvalue weighted by atomic mass is 16.5. The van der Waals surface area contributed by atoms with Crippen molar-refractivity contribution in [2.75, 3.05) is 13.2 Å². The van der Waals surface area contributed by atoms with E-state index < -0.39 is 0 Å². The summed E-state index contributed by atoms with van der Waals surface area (Å²) in [7, 11) is 0. The second-order valence-corrected chi connectivity index (χ2v) is 4.74. The highest BCUT2D eigenvalue weighted by Gasteiger charge is 2.07. The van der Waals surface area contributed by atoms with E-state index in [2.05, 4.69) is 19.1 Å². The molecule has 0 radical (unpaired) electrons. The van der Waals surface area contributed by atoms with Crippen molar-refractivity contribution < 1.29 is 9.47 Å². The lowest BCUT2D eigenvalue weighted by Gasteiger charge is -2.14. The van der Waals surface area contributed by atoms with Crippen molar-refractivity contribution in [3.8, 4) is 11.5 Å². The quantitative estimate of drug-likeness (QED) is 0.875. The molecule has 1 unspecified atom stereocenters. The van der Waals surface area contributed by atoms with E-state index in [4.69, 9.17) is 15.2 Å². The number of nitrogens with two attached hydrogens (primary N) is 1. The van der Waals surface area contributed by atoms with Crippen molar-refractivity contribution >= 4 is 0 Å². The Labute approximate surface area is 120 Å². The molecule has 2 rings (SSSR count). The van der Waals surface area contributed by atoms with Crippen molar-refractivity contribution in [1.82, 2.24) is 0 Å². The van der Waals surface area contributed by atoms with E-state index in [9.17, 15) is 0 Å². The van der Waals surface area contributed by atoms with Crippen LogP contribution in [0.25, 0.3) is 0 Å². The molecular weight excluding hydrogens is 250 g/mol. The van der Waals surface area contributed by atoms with Gasteiger partial charge in [0, 0.05) is 6.07 Å². The largest absolute Gasteiger partial charge is 0.494 e. The monoisotopic (exact) mass is 271 g/mol. The molecule has 2 aromatic rings. The average Bonchev–Trinajstić information content (AvgIpc) is 2.46. The predicted octanol–water partition coefficient (Wildman–Crippen LogP) is 3.47. The highest BCUT2D eigenvalue weighted by Crippen LogP contribution is 2.21. The first-order chi connectivity index (χ1) is 9.69. The van der Waals surface area contributed by atoms with E-state index in [0.717, 1.165) is 17.1 Å². The van der Waals surface area contributed by atoms with Gasteiger partial charge in [-0.1, -0.05) is 35.9 Å². The zero-order valence-electron chi connectivity index (χ0n) is 12.0. The fraction of sp³-hybridized carbons (Fsp3) is 0.294. The number of hydrogen-bond donors (Lipinski definition) is 1. The van der Waals surface area contributed by atoms with Gasteiger partial charge < -0.3 is 15.2 Å². The molecule has 20 heavy (non-hydrogen) atoms. The third-order valence-electron chi connectivity index (χ3n) is 3.05. The minimum Gasteiger partial charge on any atom is -0.494 e. The van der Waals surface area contributed by atoms with Crippen LogP contribution in [0.5, 0.6) is 11.5 Å². The second kappa shape index (κ2) is 6.96. The minimum absolute atomic E-state index is 0.133. The Morgan fingerprint density at radius 3 is 2.30 bits per heavy atom. The summed E-state index contributed by atoms with van der Waals surface area (Å²) in [5, 5.41) is 0. The average molecular weight is 271 g/mol. The van der Waals surface area contributed by atoms with Crippen LogP contribution in [0, 0.1) is 6.92 Å². The Hall–Kier alpha value is -2.00. The topological polar surface area (TPSA) is 44.5 Å². The molecule has 0 aliphatic carbocycles. The molecule has 0 amide bonds. The Morgan fingerprint density at radius 2 is 1.65 bits per heavy atom. The Balaban J connectivity index is 1.94. The van der Waals surface area contributed by atoms with Crippen LogP contribution >= 0.6 is 0 Å². The van der Waals surface area contributed by atoms with E-state index in [1.807, 2.05) is 43.3 Å². The SMILES string of the molecule is CCOc1cccc(OCC(N)c2ccc(C)cc2)c1. The molecule has 3 nitrogen and oxygen atoms in total. The van der Waals surface area contributed by atoms with Gasteiger partial charge in [0.1, 0.15) is 18.1 Å². The predicted molar refractivity (Wildman–Crippen MR) is 81.2 cm³/mol. The van der Waals surface area contributed by atoms with Crippen LogP contribution in [0.4, 0.5) is 0 Å². The first-order valence-electron chi connectivity index (χ1n) is 6.87. The summed E-state index contributed by atoms with van der Waals surface area (Å²) in [4.78, 5) is 0. The summed E-state index contributed by atoms with van der Waals surface area (Å²) in [5.41, 5.74) is 8.44. The number of benzene rings is 2. The van der Waals surface area contributed by atoms with Crippen LogP contribution in [-0.4, -0.2) is 13.2 Å². The van der Waals surface area contributed by atoms with Crippen molar-refractivity contribution in [1.29, 1.82) is 0 Å². The molecule has 0 saturated carbocycles. The Kier molecular flexibility index (Phi) is 5.02. The lowest BCUT2D eigenvalue weighted by molar-refractivity contribution is 0.286. The summed E-state index contributed by atoms with van der Waals surface area (Å²) in [6, 6.07) is 15.7. The van der Waals surface area contributed by atoms with Crippen LogP contribution in [0.2, 0.25) is 0 Å². The minimum atomic E-state index is -0.133. The molecule has 0 spiro atoms. The van der Waals surface area contributed by atoms with Crippen LogP contribution in [0.15, 0.2) is 48.5 Å². The Morgan fingerprint density at radius 1 is 1.00 bits per heavy atom. The first kappa shape index (κ1) is 14.4. The molecule has 0 heterocycles. The van der Waals surface area contributed by atoms with Gasteiger partial charge in [0.05, 0.1) is 12.6 Å². The third-order valence-corrected chi connectivity index (χ3v) is 3.05. The van der Waals surface area contributed by atoms with Crippen molar-refractivity contribution in [2.45, 2.75) is 19.9 Å². The summed E-state index contributed by atoms with van der Waals surface area (Å²) in [6.07, 6.45) is 0. The molecule has 2 aromatic carbocycles. The van der Waals surface area contributed by atoms with E-state index in [0.29, 0.717) is 13.2 Å². The normalized spacial score (nSPS) is 11.9. The first-order valence-corrected chi connectivity index (χ1v) is 6.87. The van der Waals surface area contributed by atoms with Gasteiger partial charge in [-0.2, -0.15) is 0 Å². The third kappa shape index (κ3) is 4.00. The maximum Gasteiger partial charge on any atom is 0.123 e. The Bertz CT molecular complexity index is 537. The summed E-state index contributed by atoms with van der Waals surface area (Å²) < 4.78 is 11.2. The van der Waals surface area contributed by atoms with Gasteiger partial charge in [-0.3, -0.25) is 0 Å². The van der Waals surface area contributed by atoms with E-state index in [1.165, 1.54) is 5.56 Å². The summed E-state index contributed by atoms with van der Waals surface area (Å²) in [6.45, 7) is 5.11. The van der Waals surface area contributed by atoms with Gasteiger partial charge in [-0.05, 0) is 31.5 Å². The number of ether oxygens (including phenoxy) is 2. The van der Waals surface area contributed by atoms with Crippen molar-refractivity contribution in [2.24, 2.45) is 5.73 Å². The van der Waals surface area contributed by atoms with Gasteiger partial charge in [0.2, 0.25) is 0 Å². The lowest BCUT2D eigenvalue weighted by Crippen LogP contribution is -2.18. The van der Waals surface area contributed by atoms with Gasteiger partial charge in [0.25, 0.3) is 0 Å². The fourth-order valence-corrected chi connectivity index (χ4v) is 1.92. The maximum absolute atomic E-state index is 6.13. The molecule has 0 aliphatic rings. The number of aryl methyl sites for hydroxylation is 1. The molecule has 3 heteroatoms. The van der Waals surface area contributed by atoms with Crippen molar-refractivity contribution in [3.05, 3.63) is 59.7 Å². The lowest BCUT2D eigenvalue weighted by atomic mass is 10.1. The molecule has 0 saturated heterocycles. The smallest absolute Gasteiger partial charge is 0.123 e. The van der Waals surface area contributed by atoms with E-state index >= 15 is 0 Å². The zero-order valence-corrected chi connectivity index (χ0v) is 12.0. The molecular formula is C17H21NO2. The van der Waals surface area contributed by atoms with Gasteiger partial charge >= 0.3 is 0 Å². The molecule has 0 bridgehead atoms. The maximum atomic E-state index is 6.13. The molecule has 0 aromatic heterocycles. The zero-order chi connectivity index (χ0) is 14.4. The summed E-state index contributed by atoms with van der Waals surface area (Å²) >= 11 is 0. The molecule has 0 fully saturated rings. The van der Waals surface area contributed by atoms with Gasteiger partial charge in [-0.25, -0.2) is 0 Å². The van der Waals surface area contributed by atoms with Crippen LogP contribution in [0.3, 0.4) is 0 Å². The number of rotatable bonds is 6. The van der Waals surface area contributed by atoms with Gasteiger partial charge in [0.15, 0.2) is 0 Å². The molecule has 106 valence electrons. The molecule has 0 aliphatic heterocycles. The van der Waals surface area contributed by atoms with E-state index in [-0.39, 0.29) is 6.04 Å². The number of hydrogen-bond acceptors (Lipinski definition) is 3. The highest BCUT2D eigenvalue weighted by molar-refractivity contribution is 5.33.